The van der Waals surface area contributed by atoms with Crippen LogP contribution in [0.1, 0.15) is 13.8 Å². The molecule has 96 valence electrons. The maximum atomic E-state index is 13.2. The van der Waals surface area contributed by atoms with Gasteiger partial charge in [-0.05, 0) is 26.0 Å². The Morgan fingerprint density at radius 1 is 1.41 bits per heavy atom. The van der Waals surface area contributed by atoms with Crippen molar-refractivity contribution in [1.82, 2.24) is 0 Å². The fourth-order valence-electron chi connectivity index (χ4n) is 0.985. The summed E-state index contributed by atoms with van der Waals surface area (Å²) in [4.78, 5) is 11.6. The van der Waals surface area contributed by atoms with Crippen LogP contribution in [0.5, 0.6) is 0 Å². The van der Waals surface area contributed by atoms with Crippen LogP contribution in [0.15, 0.2) is 18.2 Å². The normalized spacial score (nSPS) is 10.6. The van der Waals surface area contributed by atoms with E-state index in [4.69, 9.17) is 5.73 Å². The molecule has 0 saturated carbocycles. The van der Waals surface area contributed by atoms with Gasteiger partial charge in [-0.15, -0.1) is 12.4 Å². The number of halogens is 3. The maximum absolute atomic E-state index is 13.2. The highest BCUT2D eigenvalue weighted by molar-refractivity contribution is 5.95. The summed E-state index contributed by atoms with van der Waals surface area (Å²) >= 11 is 0. The zero-order chi connectivity index (χ0) is 12.3. The van der Waals surface area contributed by atoms with E-state index in [0.29, 0.717) is 0 Å². The lowest BCUT2D eigenvalue weighted by Crippen LogP contribution is -2.37. The molecule has 17 heavy (non-hydrogen) atoms. The molecule has 0 aliphatic rings. The Bertz CT molecular complexity index is 410. The lowest BCUT2D eigenvalue weighted by molar-refractivity contribution is -0.123. The van der Waals surface area contributed by atoms with Crippen molar-refractivity contribution < 1.29 is 13.6 Å². The molecule has 1 aromatic carbocycles. The van der Waals surface area contributed by atoms with Gasteiger partial charge in [-0.25, -0.2) is 8.78 Å². The molecule has 1 amide bonds. The molecule has 0 unspecified atom stereocenters. The highest BCUT2D eigenvalue weighted by Gasteiger charge is 2.26. The van der Waals surface area contributed by atoms with Crippen LogP contribution in [0.2, 0.25) is 0 Å². The molecule has 0 bridgehead atoms. The van der Waals surface area contributed by atoms with Crippen molar-refractivity contribution in [3.63, 3.8) is 0 Å². The van der Waals surface area contributed by atoms with Crippen LogP contribution >= 0.6 is 12.4 Å². The van der Waals surface area contributed by atoms with Gasteiger partial charge in [0.2, 0.25) is 5.91 Å². The minimum absolute atomic E-state index is 0. The number of hydrogen-bond acceptors (Lipinski definition) is 2. The Hall–Kier alpha value is -1.20. The van der Waals surface area contributed by atoms with Crippen molar-refractivity contribution in [2.24, 2.45) is 11.1 Å². The first-order valence-corrected chi connectivity index (χ1v) is 4.84. The fourth-order valence-corrected chi connectivity index (χ4v) is 0.985. The van der Waals surface area contributed by atoms with Gasteiger partial charge in [0.25, 0.3) is 0 Å². The van der Waals surface area contributed by atoms with Gasteiger partial charge in [0.1, 0.15) is 0 Å². The van der Waals surface area contributed by atoms with Crippen LogP contribution in [0, 0.1) is 17.0 Å². The Balaban J connectivity index is 0.00000256. The average molecular weight is 265 g/mol. The lowest BCUT2D eigenvalue weighted by atomic mass is 9.92. The van der Waals surface area contributed by atoms with Gasteiger partial charge < -0.3 is 11.1 Å². The van der Waals surface area contributed by atoms with Gasteiger partial charge >= 0.3 is 0 Å². The van der Waals surface area contributed by atoms with E-state index in [9.17, 15) is 13.6 Å². The summed E-state index contributed by atoms with van der Waals surface area (Å²) in [7, 11) is 0. The first-order chi connectivity index (χ1) is 7.38. The van der Waals surface area contributed by atoms with E-state index in [1.807, 2.05) is 0 Å². The van der Waals surface area contributed by atoms with E-state index < -0.39 is 23.0 Å². The number of hydrogen-bond donors (Lipinski definition) is 2. The minimum Gasteiger partial charge on any atom is -0.329 e. The molecule has 0 saturated heterocycles. The van der Waals surface area contributed by atoms with Gasteiger partial charge in [-0.3, -0.25) is 4.79 Å². The molecule has 1 aromatic rings. The molecule has 3 nitrogen and oxygen atoms in total. The summed E-state index contributed by atoms with van der Waals surface area (Å²) in [5.74, 6) is -2.51. The summed E-state index contributed by atoms with van der Waals surface area (Å²) in [5.41, 5.74) is 4.40. The van der Waals surface area contributed by atoms with Crippen molar-refractivity contribution in [2.75, 3.05) is 11.9 Å². The highest BCUT2D eigenvalue weighted by atomic mass is 35.5. The van der Waals surface area contributed by atoms with E-state index >= 15 is 0 Å². The van der Waals surface area contributed by atoms with Crippen molar-refractivity contribution in [2.45, 2.75) is 13.8 Å². The highest BCUT2D eigenvalue weighted by Crippen LogP contribution is 2.20. The van der Waals surface area contributed by atoms with Gasteiger partial charge in [0.15, 0.2) is 11.6 Å². The number of nitrogens with one attached hydrogen (secondary N) is 1. The molecule has 6 heteroatoms. The topological polar surface area (TPSA) is 55.1 Å². The van der Waals surface area contributed by atoms with Crippen LogP contribution in [-0.2, 0) is 4.79 Å². The van der Waals surface area contributed by atoms with Crippen LogP contribution < -0.4 is 11.1 Å². The summed E-state index contributed by atoms with van der Waals surface area (Å²) < 4.78 is 26.1. The van der Waals surface area contributed by atoms with Gasteiger partial charge in [0, 0.05) is 6.54 Å². The lowest BCUT2D eigenvalue weighted by Gasteiger charge is -2.21. The second kappa shape index (κ2) is 5.93. The molecule has 0 atom stereocenters. The number of amides is 1. The van der Waals surface area contributed by atoms with Gasteiger partial charge in [0.05, 0.1) is 11.1 Å². The maximum Gasteiger partial charge on any atom is 0.231 e. The third-order valence-corrected chi connectivity index (χ3v) is 2.32. The molecule has 0 heterocycles. The average Bonchev–Trinajstić information content (AvgIpc) is 2.24. The molecule has 0 aliphatic heterocycles. The molecule has 3 N–H and O–H groups in total. The summed E-state index contributed by atoms with van der Waals surface area (Å²) in [6.07, 6.45) is 0. The van der Waals surface area contributed by atoms with E-state index in [1.165, 1.54) is 12.1 Å². The SMILES string of the molecule is CC(C)(CN)C(=O)Nc1cccc(F)c1F.Cl. The molecular weight excluding hydrogens is 250 g/mol. The largest absolute Gasteiger partial charge is 0.329 e. The van der Waals surface area contributed by atoms with Crippen LogP contribution in [0.3, 0.4) is 0 Å². The first-order valence-electron chi connectivity index (χ1n) is 4.84. The molecule has 0 fully saturated rings. The second-order valence-corrected chi connectivity index (χ2v) is 4.14. The van der Waals surface area contributed by atoms with Crippen molar-refractivity contribution in [3.05, 3.63) is 29.8 Å². The molecule has 0 aliphatic carbocycles. The number of carbonyl (C=O) groups excluding carboxylic acids is 1. The van der Waals surface area contributed by atoms with E-state index in [-0.39, 0.29) is 24.6 Å². The van der Waals surface area contributed by atoms with E-state index in [2.05, 4.69) is 5.32 Å². The van der Waals surface area contributed by atoms with Crippen molar-refractivity contribution in [3.8, 4) is 0 Å². The smallest absolute Gasteiger partial charge is 0.231 e. The number of carbonyl (C=O) groups is 1. The predicted molar refractivity (Wildman–Crippen MR) is 65.1 cm³/mol. The summed E-state index contributed by atoms with van der Waals surface area (Å²) in [6.45, 7) is 3.37. The third kappa shape index (κ3) is 3.64. The quantitative estimate of drug-likeness (QED) is 0.880. The second-order valence-electron chi connectivity index (χ2n) is 4.14. The molecule has 1 rings (SSSR count). The number of anilines is 1. The monoisotopic (exact) mass is 264 g/mol. The van der Waals surface area contributed by atoms with Crippen molar-refractivity contribution in [1.29, 1.82) is 0 Å². The molecule has 0 aromatic heterocycles. The van der Waals surface area contributed by atoms with E-state index in [0.717, 1.165) is 6.07 Å². The third-order valence-electron chi connectivity index (χ3n) is 2.32. The molecule has 0 spiro atoms. The zero-order valence-electron chi connectivity index (χ0n) is 9.59. The molecule has 0 radical (unpaired) electrons. The Morgan fingerprint density at radius 2 is 2.00 bits per heavy atom. The van der Waals surface area contributed by atoms with Gasteiger partial charge in [-0.1, -0.05) is 6.07 Å². The fraction of sp³-hybridized carbons (Fsp3) is 0.364. The Kier molecular flexibility index (Phi) is 5.51. The van der Waals surface area contributed by atoms with Crippen LogP contribution in [-0.4, -0.2) is 12.5 Å². The van der Waals surface area contributed by atoms with Crippen LogP contribution in [0.4, 0.5) is 14.5 Å². The summed E-state index contributed by atoms with van der Waals surface area (Å²) in [6, 6.07) is 3.60. The number of benzene rings is 1. The van der Waals surface area contributed by atoms with Crippen LogP contribution in [0.25, 0.3) is 0 Å². The summed E-state index contributed by atoms with van der Waals surface area (Å²) in [5, 5.41) is 2.31. The Labute approximate surface area is 105 Å². The Morgan fingerprint density at radius 3 is 2.53 bits per heavy atom. The van der Waals surface area contributed by atoms with Gasteiger partial charge in [-0.2, -0.15) is 0 Å². The predicted octanol–water partition coefficient (Wildman–Crippen LogP) is 2.31. The minimum atomic E-state index is -1.07. The first kappa shape index (κ1) is 15.8. The number of nitrogens with two attached hydrogens (primary N) is 1. The molecular formula is C11H15ClF2N2O. The number of rotatable bonds is 3. The standard InChI is InChI=1S/C11H14F2N2O.ClH/c1-11(2,6-14)10(16)15-8-5-3-4-7(12)9(8)13;/h3-5H,6,14H2,1-2H3,(H,15,16);1H. The zero-order valence-corrected chi connectivity index (χ0v) is 10.4. The van der Waals surface area contributed by atoms with E-state index in [1.54, 1.807) is 13.8 Å². The van der Waals surface area contributed by atoms with Crippen molar-refractivity contribution >= 4 is 24.0 Å².